The molecule has 86 valence electrons. The van der Waals surface area contributed by atoms with Crippen LogP contribution in [0.15, 0.2) is 36.4 Å². The molecule has 4 heteroatoms. The number of aromatic hydroxyl groups is 1. The molecule has 2 rings (SSSR count). The molecule has 0 radical (unpaired) electrons. The van der Waals surface area contributed by atoms with E-state index in [2.05, 4.69) is 0 Å². The van der Waals surface area contributed by atoms with Gasteiger partial charge in [0.05, 0.1) is 6.07 Å². The van der Waals surface area contributed by atoms with Gasteiger partial charge in [-0.15, -0.1) is 0 Å². The minimum atomic E-state index is -1.45. The van der Waals surface area contributed by atoms with Crippen LogP contribution in [-0.2, 0) is 0 Å². The lowest BCUT2D eigenvalue weighted by Crippen LogP contribution is -2.15. The Morgan fingerprint density at radius 1 is 1.00 bits per heavy atom. The van der Waals surface area contributed by atoms with Gasteiger partial charge in [-0.1, -0.05) is 18.2 Å². The predicted octanol–water partition coefficient (Wildman–Crippen LogP) is 1.46. The monoisotopic (exact) mass is 229 g/mol. The van der Waals surface area contributed by atoms with Crippen LogP contribution >= 0.6 is 0 Å². The molecule has 0 aliphatic heterocycles. The van der Waals surface area contributed by atoms with Crippen LogP contribution in [0, 0.1) is 11.3 Å². The first-order chi connectivity index (χ1) is 8.11. The molecule has 0 saturated heterocycles. The molecule has 0 aliphatic carbocycles. The van der Waals surface area contributed by atoms with E-state index in [1.54, 1.807) is 42.5 Å². The molecule has 0 spiro atoms. The first-order valence-corrected chi connectivity index (χ1v) is 5.10. The van der Waals surface area contributed by atoms with Gasteiger partial charge in [-0.05, 0) is 34.5 Å². The topological polar surface area (TPSA) is 84.5 Å². The fourth-order valence-electron chi connectivity index (χ4n) is 1.69. The summed E-state index contributed by atoms with van der Waals surface area (Å²) in [4.78, 5) is 0. The number of hydrogen-bond donors (Lipinski definition) is 3. The summed E-state index contributed by atoms with van der Waals surface area (Å²) in [5.41, 5.74) is 0.442. The van der Waals surface area contributed by atoms with Crippen molar-refractivity contribution in [2.75, 3.05) is 0 Å². The van der Waals surface area contributed by atoms with Crippen LogP contribution < -0.4 is 0 Å². The molecule has 2 aromatic rings. The van der Waals surface area contributed by atoms with Gasteiger partial charge in [0.25, 0.3) is 0 Å². The first-order valence-electron chi connectivity index (χ1n) is 5.10. The van der Waals surface area contributed by atoms with Crippen molar-refractivity contribution in [3.8, 4) is 11.8 Å². The Kier molecular flexibility index (Phi) is 2.96. The third kappa shape index (κ3) is 2.21. The van der Waals surface area contributed by atoms with E-state index < -0.39 is 12.2 Å². The lowest BCUT2D eigenvalue weighted by atomic mass is 10.0. The zero-order valence-electron chi connectivity index (χ0n) is 8.91. The number of hydrogen-bond acceptors (Lipinski definition) is 4. The van der Waals surface area contributed by atoms with Crippen molar-refractivity contribution >= 4 is 10.8 Å². The summed E-state index contributed by atoms with van der Waals surface area (Å²) in [5.74, 6) is 0.130. The number of aliphatic hydroxyl groups is 2. The van der Waals surface area contributed by atoms with E-state index in [-0.39, 0.29) is 5.75 Å². The zero-order chi connectivity index (χ0) is 12.4. The molecule has 2 atom stereocenters. The molecule has 0 heterocycles. The second-order valence-corrected chi connectivity index (χ2v) is 3.81. The van der Waals surface area contributed by atoms with Crippen molar-refractivity contribution in [1.29, 1.82) is 5.26 Å². The number of rotatable bonds is 2. The van der Waals surface area contributed by atoms with Gasteiger partial charge in [0, 0.05) is 0 Å². The van der Waals surface area contributed by atoms with Crippen molar-refractivity contribution in [3.05, 3.63) is 42.0 Å². The van der Waals surface area contributed by atoms with Crippen LogP contribution in [0.5, 0.6) is 5.75 Å². The first kappa shape index (κ1) is 11.4. The molecule has 0 fully saturated rings. The number of benzene rings is 2. The summed E-state index contributed by atoms with van der Waals surface area (Å²) in [5, 5.41) is 38.5. The number of phenolic OH excluding ortho intramolecular Hbond substituents is 1. The van der Waals surface area contributed by atoms with Crippen molar-refractivity contribution in [3.63, 3.8) is 0 Å². The van der Waals surface area contributed by atoms with E-state index in [9.17, 15) is 15.3 Å². The molecular formula is C13H11NO3. The molecule has 17 heavy (non-hydrogen) atoms. The van der Waals surface area contributed by atoms with E-state index in [1.807, 2.05) is 0 Å². The number of fused-ring (bicyclic) bond motifs is 1. The van der Waals surface area contributed by atoms with Crippen LogP contribution in [0.25, 0.3) is 10.8 Å². The minimum absolute atomic E-state index is 0.130. The van der Waals surface area contributed by atoms with Crippen LogP contribution in [0.1, 0.15) is 11.7 Å². The van der Waals surface area contributed by atoms with Crippen LogP contribution in [0.3, 0.4) is 0 Å². The number of nitriles is 1. The maximum Gasteiger partial charge on any atom is 0.170 e. The van der Waals surface area contributed by atoms with E-state index in [4.69, 9.17) is 5.26 Å². The van der Waals surface area contributed by atoms with E-state index in [0.717, 1.165) is 10.8 Å². The smallest absolute Gasteiger partial charge is 0.170 e. The average Bonchev–Trinajstić information content (AvgIpc) is 2.36. The van der Waals surface area contributed by atoms with Gasteiger partial charge >= 0.3 is 0 Å². The van der Waals surface area contributed by atoms with Crippen molar-refractivity contribution in [2.45, 2.75) is 12.2 Å². The highest BCUT2D eigenvalue weighted by Crippen LogP contribution is 2.25. The number of phenols is 1. The maximum atomic E-state index is 9.68. The predicted molar refractivity (Wildman–Crippen MR) is 62.2 cm³/mol. The lowest BCUT2D eigenvalue weighted by molar-refractivity contribution is 0.0529. The molecule has 4 nitrogen and oxygen atoms in total. The Labute approximate surface area is 98.0 Å². The Morgan fingerprint density at radius 3 is 2.41 bits per heavy atom. The van der Waals surface area contributed by atoms with Gasteiger partial charge in [0.15, 0.2) is 6.10 Å². The minimum Gasteiger partial charge on any atom is -0.508 e. The zero-order valence-corrected chi connectivity index (χ0v) is 8.91. The molecule has 3 N–H and O–H groups in total. The molecule has 0 aliphatic rings. The third-order valence-corrected chi connectivity index (χ3v) is 2.62. The summed E-state index contributed by atoms with van der Waals surface area (Å²) in [6, 6.07) is 11.5. The normalized spacial score (nSPS) is 14.2. The fraction of sp³-hybridized carbons (Fsp3) is 0.154. The number of nitrogens with zero attached hydrogens (tertiary/aromatic N) is 1. The second kappa shape index (κ2) is 4.42. The Bertz CT molecular complexity index is 589. The molecule has 0 saturated carbocycles. The average molecular weight is 229 g/mol. The van der Waals surface area contributed by atoms with E-state index in [0.29, 0.717) is 5.56 Å². The highest BCUT2D eigenvalue weighted by Gasteiger charge is 2.17. The Morgan fingerprint density at radius 2 is 1.71 bits per heavy atom. The summed E-state index contributed by atoms with van der Waals surface area (Å²) in [6.07, 6.45) is -2.70. The second-order valence-electron chi connectivity index (χ2n) is 3.81. The van der Waals surface area contributed by atoms with E-state index in [1.165, 1.54) is 0 Å². The van der Waals surface area contributed by atoms with E-state index >= 15 is 0 Å². The van der Waals surface area contributed by atoms with Crippen LogP contribution in [0.2, 0.25) is 0 Å². The summed E-state index contributed by atoms with van der Waals surface area (Å²) >= 11 is 0. The molecule has 0 bridgehead atoms. The molecule has 0 aromatic heterocycles. The fourth-order valence-corrected chi connectivity index (χ4v) is 1.69. The highest BCUT2D eigenvalue weighted by molar-refractivity contribution is 5.84. The van der Waals surface area contributed by atoms with Gasteiger partial charge in [0.1, 0.15) is 11.9 Å². The van der Waals surface area contributed by atoms with Gasteiger partial charge in [-0.2, -0.15) is 5.26 Å². The van der Waals surface area contributed by atoms with Crippen LogP contribution in [0.4, 0.5) is 0 Å². The molecule has 2 aromatic carbocycles. The molecule has 0 amide bonds. The summed E-state index contributed by atoms with van der Waals surface area (Å²) < 4.78 is 0. The van der Waals surface area contributed by atoms with Crippen LogP contribution in [-0.4, -0.2) is 21.4 Å². The summed E-state index contributed by atoms with van der Waals surface area (Å²) in [7, 11) is 0. The summed E-state index contributed by atoms with van der Waals surface area (Å²) in [6.45, 7) is 0. The quantitative estimate of drug-likeness (QED) is 0.681. The molecule has 2 unspecified atom stereocenters. The van der Waals surface area contributed by atoms with Crippen molar-refractivity contribution < 1.29 is 15.3 Å². The van der Waals surface area contributed by atoms with Gasteiger partial charge in [-0.3, -0.25) is 0 Å². The largest absolute Gasteiger partial charge is 0.508 e. The SMILES string of the molecule is N#CC(O)C(O)c1ccc2ccc(O)cc2c1. The highest BCUT2D eigenvalue weighted by atomic mass is 16.3. The van der Waals surface area contributed by atoms with Crippen molar-refractivity contribution in [1.82, 2.24) is 0 Å². The van der Waals surface area contributed by atoms with Gasteiger partial charge in [-0.25, -0.2) is 0 Å². The standard InChI is InChI=1S/C13H11NO3/c14-7-12(16)13(17)9-2-1-8-3-4-11(15)6-10(8)5-9/h1-6,12-13,15-17H. The lowest BCUT2D eigenvalue weighted by Gasteiger charge is -2.12. The third-order valence-electron chi connectivity index (χ3n) is 2.62. The Balaban J connectivity index is 2.47. The molecular weight excluding hydrogens is 218 g/mol. The maximum absolute atomic E-state index is 9.68. The van der Waals surface area contributed by atoms with Crippen molar-refractivity contribution in [2.24, 2.45) is 0 Å². The Hall–Kier alpha value is -2.09. The van der Waals surface area contributed by atoms with Gasteiger partial charge in [0.2, 0.25) is 0 Å². The van der Waals surface area contributed by atoms with Gasteiger partial charge < -0.3 is 15.3 Å². The number of aliphatic hydroxyl groups excluding tert-OH is 2.